The molecular formula is C20H34N6O. The maximum Gasteiger partial charge on any atom is 0.276 e. The summed E-state index contributed by atoms with van der Waals surface area (Å²) in [5, 5.41) is 11.8. The van der Waals surface area contributed by atoms with Gasteiger partial charge in [-0.1, -0.05) is 24.5 Å². The van der Waals surface area contributed by atoms with E-state index in [1.807, 2.05) is 15.8 Å². The van der Waals surface area contributed by atoms with Crippen molar-refractivity contribution in [3.8, 4) is 0 Å². The van der Waals surface area contributed by atoms with Gasteiger partial charge >= 0.3 is 0 Å². The molecule has 1 aromatic rings. The smallest absolute Gasteiger partial charge is 0.276 e. The molecule has 1 N–H and O–H groups in total. The van der Waals surface area contributed by atoms with E-state index in [4.69, 9.17) is 0 Å². The Morgan fingerprint density at radius 3 is 2.63 bits per heavy atom. The highest BCUT2D eigenvalue weighted by Gasteiger charge is 2.25. The molecule has 7 heteroatoms. The zero-order chi connectivity index (χ0) is 18.5. The van der Waals surface area contributed by atoms with Crippen LogP contribution in [0.25, 0.3) is 0 Å². The monoisotopic (exact) mass is 374 g/mol. The summed E-state index contributed by atoms with van der Waals surface area (Å²) in [6.45, 7) is 6.99. The first kappa shape index (κ1) is 18.9. The van der Waals surface area contributed by atoms with Crippen molar-refractivity contribution in [3.63, 3.8) is 0 Å². The second kappa shape index (κ2) is 9.15. The first-order valence-corrected chi connectivity index (χ1v) is 10.9. The van der Waals surface area contributed by atoms with Crippen molar-refractivity contribution in [2.45, 2.75) is 57.4 Å². The molecule has 0 radical (unpaired) electrons. The zero-order valence-electron chi connectivity index (χ0n) is 16.5. The van der Waals surface area contributed by atoms with Gasteiger partial charge in [-0.3, -0.25) is 4.79 Å². The lowest BCUT2D eigenvalue weighted by Crippen LogP contribution is -2.37. The Balaban J connectivity index is 1.30. The molecular weight excluding hydrogens is 340 g/mol. The van der Waals surface area contributed by atoms with Crippen LogP contribution in [0.1, 0.15) is 67.9 Å². The van der Waals surface area contributed by atoms with Gasteiger partial charge in [0.2, 0.25) is 0 Å². The minimum atomic E-state index is 0.0506. The Morgan fingerprint density at radius 2 is 1.81 bits per heavy atom. The first-order valence-electron chi connectivity index (χ1n) is 10.9. The molecule has 3 aliphatic rings. The maximum atomic E-state index is 12.9. The van der Waals surface area contributed by atoms with Crippen molar-refractivity contribution in [2.75, 3.05) is 45.8 Å². The van der Waals surface area contributed by atoms with Crippen molar-refractivity contribution in [1.82, 2.24) is 30.1 Å². The second-order valence-corrected chi connectivity index (χ2v) is 8.52. The average Bonchev–Trinajstić information content (AvgIpc) is 3.10. The van der Waals surface area contributed by atoms with Crippen LogP contribution in [-0.4, -0.2) is 76.5 Å². The molecule has 1 saturated carbocycles. The van der Waals surface area contributed by atoms with Crippen molar-refractivity contribution in [3.05, 3.63) is 11.9 Å². The first-order chi connectivity index (χ1) is 13.3. The molecule has 1 aliphatic carbocycles. The van der Waals surface area contributed by atoms with Crippen LogP contribution in [0.2, 0.25) is 0 Å². The Morgan fingerprint density at radius 1 is 1.00 bits per heavy atom. The molecule has 1 aromatic heterocycles. The number of nitrogens with zero attached hydrogens (tertiary/aromatic N) is 5. The quantitative estimate of drug-likeness (QED) is 0.872. The molecule has 0 aromatic carbocycles. The van der Waals surface area contributed by atoms with Crippen LogP contribution >= 0.6 is 0 Å². The normalized spacial score (nSPS) is 24.1. The van der Waals surface area contributed by atoms with Crippen LogP contribution in [0.5, 0.6) is 0 Å². The number of aromatic nitrogens is 3. The minimum absolute atomic E-state index is 0.0506. The van der Waals surface area contributed by atoms with Gasteiger partial charge < -0.3 is 15.1 Å². The predicted molar refractivity (Wildman–Crippen MR) is 105 cm³/mol. The SMILES string of the molecule is O=C(c1cn(C2CCNCC2)nn1)N1CCCN(CC2CCCCC2)CC1. The highest BCUT2D eigenvalue weighted by Crippen LogP contribution is 2.25. The Bertz CT molecular complexity index is 605. The van der Waals surface area contributed by atoms with Crippen LogP contribution in [-0.2, 0) is 0 Å². The van der Waals surface area contributed by atoms with E-state index in [2.05, 4.69) is 20.5 Å². The van der Waals surface area contributed by atoms with Gasteiger partial charge in [-0.15, -0.1) is 5.10 Å². The van der Waals surface area contributed by atoms with Crippen molar-refractivity contribution < 1.29 is 4.79 Å². The third kappa shape index (κ3) is 4.88. The van der Waals surface area contributed by atoms with Crippen LogP contribution in [0, 0.1) is 5.92 Å². The van der Waals surface area contributed by atoms with Gasteiger partial charge in [-0.2, -0.15) is 0 Å². The van der Waals surface area contributed by atoms with Gasteiger partial charge in [-0.25, -0.2) is 4.68 Å². The topological polar surface area (TPSA) is 66.3 Å². The summed E-state index contributed by atoms with van der Waals surface area (Å²) >= 11 is 0. The standard InChI is InChI=1S/C20H34N6O/c27-20(19-16-26(23-22-19)18-7-9-21-10-8-18)25-12-4-11-24(13-14-25)15-17-5-2-1-3-6-17/h16-18,21H,1-15H2. The molecule has 150 valence electrons. The van der Waals surface area contributed by atoms with Gasteiger partial charge in [0.15, 0.2) is 5.69 Å². The van der Waals surface area contributed by atoms with E-state index in [1.165, 1.54) is 38.6 Å². The van der Waals surface area contributed by atoms with Crippen molar-refractivity contribution in [1.29, 1.82) is 0 Å². The summed E-state index contributed by atoms with van der Waals surface area (Å²) in [4.78, 5) is 17.5. The van der Waals surface area contributed by atoms with E-state index >= 15 is 0 Å². The van der Waals surface area contributed by atoms with Crippen LogP contribution in [0.15, 0.2) is 6.20 Å². The van der Waals surface area contributed by atoms with Gasteiger partial charge in [0.25, 0.3) is 5.91 Å². The van der Waals surface area contributed by atoms with Crippen LogP contribution < -0.4 is 5.32 Å². The Kier molecular flexibility index (Phi) is 6.39. The number of hydrogen-bond donors (Lipinski definition) is 1. The summed E-state index contributed by atoms with van der Waals surface area (Å²) in [6.07, 6.45) is 12.0. The predicted octanol–water partition coefficient (Wildman–Crippen LogP) is 1.93. The fraction of sp³-hybridized carbons (Fsp3) is 0.850. The molecule has 0 bridgehead atoms. The lowest BCUT2D eigenvalue weighted by Gasteiger charge is -2.28. The largest absolute Gasteiger partial charge is 0.336 e. The number of hydrogen-bond acceptors (Lipinski definition) is 5. The van der Waals surface area contributed by atoms with E-state index in [0.717, 1.165) is 64.4 Å². The number of rotatable bonds is 4. The Hall–Kier alpha value is -1.47. The molecule has 3 heterocycles. The highest BCUT2D eigenvalue weighted by atomic mass is 16.2. The van der Waals surface area contributed by atoms with Gasteiger partial charge in [-0.05, 0) is 57.7 Å². The number of piperidine rings is 1. The number of amides is 1. The van der Waals surface area contributed by atoms with Gasteiger partial charge in [0, 0.05) is 26.2 Å². The fourth-order valence-electron chi connectivity index (χ4n) is 4.88. The molecule has 2 saturated heterocycles. The zero-order valence-corrected chi connectivity index (χ0v) is 16.5. The summed E-state index contributed by atoms with van der Waals surface area (Å²) in [5.74, 6) is 0.917. The molecule has 0 spiro atoms. The van der Waals surface area contributed by atoms with E-state index in [0.29, 0.717) is 11.7 Å². The number of carbonyl (C=O) groups is 1. The van der Waals surface area contributed by atoms with E-state index < -0.39 is 0 Å². The number of carbonyl (C=O) groups excluding carboxylic acids is 1. The third-order valence-electron chi connectivity index (χ3n) is 6.53. The number of nitrogens with one attached hydrogen (secondary N) is 1. The fourth-order valence-corrected chi connectivity index (χ4v) is 4.88. The molecule has 27 heavy (non-hydrogen) atoms. The molecule has 0 atom stereocenters. The van der Waals surface area contributed by atoms with Crippen LogP contribution in [0.4, 0.5) is 0 Å². The summed E-state index contributed by atoms with van der Waals surface area (Å²) in [5.41, 5.74) is 0.509. The van der Waals surface area contributed by atoms with Gasteiger partial charge in [0.1, 0.15) is 0 Å². The lowest BCUT2D eigenvalue weighted by atomic mass is 9.89. The molecule has 4 rings (SSSR count). The molecule has 3 fully saturated rings. The van der Waals surface area contributed by atoms with Crippen molar-refractivity contribution >= 4 is 5.91 Å². The summed E-state index contributed by atoms with van der Waals surface area (Å²) in [6, 6.07) is 0.371. The van der Waals surface area contributed by atoms with Crippen LogP contribution in [0.3, 0.4) is 0 Å². The minimum Gasteiger partial charge on any atom is -0.336 e. The summed E-state index contributed by atoms with van der Waals surface area (Å²) < 4.78 is 1.90. The lowest BCUT2D eigenvalue weighted by molar-refractivity contribution is 0.0754. The molecule has 0 unspecified atom stereocenters. The third-order valence-corrected chi connectivity index (χ3v) is 6.53. The van der Waals surface area contributed by atoms with E-state index in [-0.39, 0.29) is 5.91 Å². The van der Waals surface area contributed by atoms with Gasteiger partial charge in [0.05, 0.1) is 12.2 Å². The molecule has 7 nitrogen and oxygen atoms in total. The maximum absolute atomic E-state index is 12.9. The summed E-state index contributed by atoms with van der Waals surface area (Å²) in [7, 11) is 0. The second-order valence-electron chi connectivity index (χ2n) is 8.52. The Labute approximate surface area is 162 Å². The van der Waals surface area contributed by atoms with Crippen molar-refractivity contribution in [2.24, 2.45) is 5.92 Å². The molecule has 1 amide bonds. The average molecular weight is 375 g/mol. The molecule has 2 aliphatic heterocycles. The van der Waals surface area contributed by atoms with E-state index in [1.54, 1.807) is 0 Å². The highest BCUT2D eigenvalue weighted by molar-refractivity contribution is 5.91. The van der Waals surface area contributed by atoms with E-state index in [9.17, 15) is 4.79 Å².